The Morgan fingerprint density at radius 3 is 3.24 bits per heavy atom. The first-order valence-electron chi connectivity index (χ1n) is 5.17. The minimum atomic E-state index is -1.00. The van der Waals surface area contributed by atoms with Crippen molar-refractivity contribution in [2.24, 2.45) is 0 Å². The van der Waals surface area contributed by atoms with Crippen molar-refractivity contribution in [2.45, 2.75) is 19.3 Å². The normalized spacial score (nSPS) is 18.9. The number of aromatic carboxylic acids is 1. The van der Waals surface area contributed by atoms with Crippen LogP contribution < -0.4 is 0 Å². The first-order valence-corrected chi connectivity index (χ1v) is 6.11. The van der Waals surface area contributed by atoms with E-state index in [1.165, 1.54) is 0 Å². The van der Waals surface area contributed by atoms with Crippen molar-refractivity contribution in [3.8, 4) is 0 Å². The van der Waals surface area contributed by atoms with Crippen LogP contribution in [0.25, 0.3) is 0 Å². The Hall–Kier alpha value is -1.66. The average molecular weight is 250 g/mol. The Morgan fingerprint density at radius 2 is 2.53 bits per heavy atom. The lowest BCUT2D eigenvalue weighted by atomic mass is 10.2. The quantitative estimate of drug-likeness (QED) is 0.884. The molecule has 0 saturated heterocycles. The molecule has 0 amide bonds. The largest absolute Gasteiger partial charge is 0.476 e. The number of hydrogen-bond donors (Lipinski definition) is 1. The number of carbonyl (C=O) groups is 1. The number of rotatable bonds is 2. The van der Waals surface area contributed by atoms with Crippen LogP contribution in [0.15, 0.2) is 23.0 Å². The number of aromatic nitrogens is 2. The molecule has 0 bridgehead atoms. The van der Waals surface area contributed by atoms with Crippen molar-refractivity contribution in [3.05, 3.63) is 40.1 Å². The van der Waals surface area contributed by atoms with Crippen LogP contribution in [0.5, 0.6) is 0 Å². The van der Waals surface area contributed by atoms with Crippen LogP contribution in [0.1, 0.15) is 28.0 Å². The van der Waals surface area contributed by atoms with Gasteiger partial charge in [-0.3, -0.25) is 0 Å². The van der Waals surface area contributed by atoms with Gasteiger partial charge in [0, 0.05) is 6.20 Å². The van der Waals surface area contributed by atoms with E-state index in [0.717, 1.165) is 5.56 Å². The van der Waals surface area contributed by atoms with Crippen LogP contribution in [0.3, 0.4) is 0 Å². The maximum atomic E-state index is 10.8. The van der Waals surface area contributed by atoms with Gasteiger partial charge in [-0.25, -0.2) is 9.78 Å². The van der Waals surface area contributed by atoms with Crippen LogP contribution in [0.4, 0.5) is 0 Å². The summed E-state index contributed by atoms with van der Waals surface area (Å²) in [5.74, 6) is -0.326. The van der Waals surface area contributed by atoms with Crippen molar-refractivity contribution in [3.63, 3.8) is 0 Å². The molecule has 6 heteroatoms. The van der Waals surface area contributed by atoms with Gasteiger partial charge in [0.1, 0.15) is 18.5 Å². The van der Waals surface area contributed by atoms with E-state index in [4.69, 9.17) is 9.84 Å². The Bertz CT molecular complexity index is 547. The van der Waals surface area contributed by atoms with E-state index in [1.807, 2.05) is 21.4 Å². The van der Waals surface area contributed by atoms with Crippen molar-refractivity contribution < 1.29 is 14.6 Å². The number of thiophene rings is 1. The molecule has 2 aromatic heterocycles. The molecule has 2 aromatic rings. The molecule has 17 heavy (non-hydrogen) atoms. The molecule has 3 heterocycles. The lowest BCUT2D eigenvalue weighted by Crippen LogP contribution is -2.20. The van der Waals surface area contributed by atoms with E-state index in [1.54, 1.807) is 17.5 Å². The Morgan fingerprint density at radius 1 is 1.65 bits per heavy atom. The highest BCUT2D eigenvalue weighted by atomic mass is 32.1. The summed E-state index contributed by atoms with van der Waals surface area (Å²) < 4.78 is 7.53. The maximum absolute atomic E-state index is 10.8. The summed E-state index contributed by atoms with van der Waals surface area (Å²) in [4.78, 5) is 14.8. The fourth-order valence-corrected chi connectivity index (χ4v) is 2.60. The fraction of sp³-hybridized carbons (Fsp3) is 0.273. The molecule has 88 valence electrons. The third kappa shape index (κ3) is 1.85. The summed E-state index contributed by atoms with van der Waals surface area (Å²) in [7, 11) is 0. The molecule has 1 atom stereocenters. The zero-order valence-electron chi connectivity index (χ0n) is 8.87. The van der Waals surface area contributed by atoms with E-state index in [-0.39, 0.29) is 11.8 Å². The lowest BCUT2D eigenvalue weighted by Gasteiger charge is -2.23. The van der Waals surface area contributed by atoms with Crippen molar-refractivity contribution in [2.75, 3.05) is 0 Å². The second kappa shape index (κ2) is 3.97. The van der Waals surface area contributed by atoms with Gasteiger partial charge in [-0.2, -0.15) is 11.3 Å². The third-order valence-corrected chi connectivity index (χ3v) is 3.47. The smallest absolute Gasteiger partial charge is 0.356 e. The molecule has 1 unspecified atom stereocenters. The van der Waals surface area contributed by atoms with E-state index in [9.17, 15) is 4.79 Å². The van der Waals surface area contributed by atoms with Crippen LogP contribution in [0.2, 0.25) is 0 Å². The van der Waals surface area contributed by atoms with Gasteiger partial charge in [0.15, 0.2) is 5.69 Å². The first kappa shape index (κ1) is 10.5. The molecule has 0 aromatic carbocycles. The van der Waals surface area contributed by atoms with Crippen molar-refractivity contribution >= 4 is 17.3 Å². The van der Waals surface area contributed by atoms with Gasteiger partial charge in [0.05, 0.1) is 6.54 Å². The number of imidazole rings is 1. The molecule has 3 rings (SSSR count). The van der Waals surface area contributed by atoms with Gasteiger partial charge < -0.3 is 14.4 Å². The SMILES string of the molecule is O=C(O)c1cn2c(n1)COC(c1ccsc1)C2. The van der Waals surface area contributed by atoms with Gasteiger partial charge in [0.25, 0.3) is 0 Å². The number of ether oxygens (including phenoxy) is 1. The van der Waals surface area contributed by atoms with E-state index in [0.29, 0.717) is 19.0 Å². The third-order valence-electron chi connectivity index (χ3n) is 2.77. The minimum Gasteiger partial charge on any atom is -0.476 e. The highest BCUT2D eigenvalue weighted by Gasteiger charge is 2.23. The first-order chi connectivity index (χ1) is 8.24. The minimum absolute atomic E-state index is 0.00963. The molecular weight excluding hydrogens is 240 g/mol. The Balaban J connectivity index is 1.88. The number of hydrogen-bond acceptors (Lipinski definition) is 4. The molecule has 1 N–H and O–H groups in total. The standard InChI is InChI=1S/C11H10N2O3S/c14-11(15)8-3-13-4-9(7-1-2-17-6-7)16-5-10(13)12-8/h1-3,6,9H,4-5H2,(H,14,15). The van der Waals surface area contributed by atoms with Crippen LogP contribution in [-0.2, 0) is 17.9 Å². The van der Waals surface area contributed by atoms with Gasteiger partial charge in [-0.05, 0) is 22.4 Å². The zero-order chi connectivity index (χ0) is 11.8. The Kier molecular flexibility index (Phi) is 2.45. The second-order valence-electron chi connectivity index (χ2n) is 3.86. The summed E-state index contributed by atoms with van der Waals surface area (Å²) in [6.45, 7) is 0.972. The van der Waals surface area contributed by atoms with Gasteiger partial charge >= 0.3 is 5.97 Å². The lowest BCUT2D eigenvalue weighted by molar-refractivity contribution is 0.000736. The summed E-state index contributed by atoms with van der Waals surface area (Å²) >= 11 is 1.63. The summed E-state index contributed by atoms with van der Waals surface area (Å²) in [5.41, 5.74) is 1.21. The second-order valence-corrected chi connectivity index (χ2v) is 4.64. The molecule has 0 spiro atoms. The van der Waals surface area contributed by atoms with Crippen molar-refractivity contribution in [1.29, 1.82) is 0 Å². The zero-order valence-corrected chi connectivity index (χ0v) is 9.68. The van der Waals surface area contributed by atoms with Crippen LogP contribution in [-0.4, -0.2) is 20.6 Å². The topological polar surface area (TPSA) is 64.3 Å². The summed E-state index contributed by atoms with van der Waals surface area (Å²) in [6, 6.07) is 2.02. The predicted octanol–water partition coefficient (Wildman–Crippen LogP) is 1.91. The number of fused-ring (bicyclic) bond motifs is 1. The molecule has 0 fully saturated rings. The molecule has 0 radical (unpaired) electrons. The Labute approximate surface area is 101 Å². The molecule has 0 saturated carbocycles. The summed E-state index contributed by atoms with van der Waals surface area (Å²) in [5, 5.41) is 12.9. The van der Waals surface area contributed by atoms with E-state index >= 15 is 0 Å². The van der Waals surface area contributed by atoms with Crippen molar-refractivity contribution in [1.82, 2.24) is 9.55 Å². The fourth-order valence-electron chi connectivity index (χ4n) is 1.90. The number of nitrogens with zero attached hydrogens (tertiary/aromatic N) is 2. The number of carboxylic acid groups (broad SMARTS) is 1. The maximum Gasteiger partial charge on any atom is 0.356 e. The predicted molar refractivity (Wildman–Crippen MR) is 61.0 cm³/mol. The summed E-state index contributed by atoms with van der Waals surface area (Å²) in [6.07, 6.45) is 1.56. The molecule has 5 nitrogen and oxygen atoms in total. The van der Waals surface area contributed by atoms with E-state index < -0.39 is 5.97 Å². The monoisotopic (exact) mass is 250 g/mol. The molecule has 1 aliphatic rings. The molecule has 0 aliphatic carbocycles. The van der Waals surface area contributed by atoms with Crippen LogP contribution in [0, 0.1) is 0 Å². The molecular formula is C11H10N2O3S. The average Bonchev–Trinajstić information content (AvgIpc) is 2.97. The molecule has 1 aliphatic heterocycles. The highest BCUT2D eigenvalue weighted by molar-refractivity contribution is 7.07. The number of carboxylic acids is 1. The van der Waals surface area contributed by atoms with Gasteiger partial charge in [-0.1, -0.05) is 0 Å². The van der Waals surface area contributed by atoms with Gasteiger partial charge in [-0.15, -0.1) is 0 Å². The van der Waals surface area contributed by atoms with Gasteiger partial charge in [0.2, 0.25) is 0 Å². The van der Waals surface area contributed by atoms with E-state index in [2.05, 4.69) is 4.98 Å². The highest BCUT2D eigenvalue weighted by Crippen LogP contribution is 2.27. The van der Waals surface area contributed by atoms with Crippen LogP contribution >= 0.6 is 11.3 Å².